The summed E-state index contributed by atoms with van der Waals surface area (Å²) in [6, 6.07) is 9.08. The lowest BCUT2D eigenvalue weighted by Crippen LogP contribution is -2.40. The van der Waals surface area contributed by atoms with E-state index in [2.05, 4.69) is 0 Å². The number of carboxylic acid groups (broad SMARTS) is 1. The first-order chi connectivity index (χ1) is 8.70. The molecule has 1 aliphatic rings. The minimum absolute atomic E-state index is 0.0519. The summed E-state index contributed by atoms with van der Waals surface area (Å²) in [5, 5.41) is 9.22. The number of carbonyl (C=O) groups is 1. The van der Waals surface area contributed by atoms with Crippen LogP contribution in [-0.2, 0) is 4.79 Å². The molecule has 0 aliphatic heterocycles. The van der Waals surface area contributed by atoms with Gasteiger partial charge in [-0.15, -0.1) is 0 Å². The summed E-state index contributed by atoms with van der Waals surface area (Å²) in [5.74, 6) is -0.536. The zero-order valence-corrected chi connectivity index (χ0v) is 10.6. The van der Waals surface area contributed by atoms with Crippen LogP contribution in [0.3, 0.4) is 0 Å². The van der Waals surface area contributed by atoms with Crippen LogP contribution in [0.25, 0.3) is 0 Å². The highest BCUT2D eigenvalue weighted by atomic mass is 16.4. The lowest BCUT2D eigenvalue weighted by atomic mass is 9.73. The molecule has 0 radical (unpaired) electrons. The normalized spacial score (nSPS) is 20.3. The van der Waals surface area contributed by atoms with Crippen LogP contribution in [0.4, 0.5) is 0 Å². The van der Waals surface area contributed by atoms with Crippen LogP contribution in [0.5, 0.6) is 0 Å². The lowest BCUT2D eigenvalue weighted by Gasteiger charge is -2.32. The fourth-order valence-corrected chi connectivity index (χ4v) is 3.09. The fourth-order valence-electron chi connectivity index (χ4n) is 3.09. The monoisotopic (exact) mass is 247 g/mol. The number of rotatable bonds is 4. The maximum absolute atomic E-state index is 11.2. The van der Waals surface area contributed by atoms with Gasteiger partial charge in [-0.3, -0.25) is 4.79 Å². The van der Waals surface area contributed by atoms with E-state index in [-0.39, 0.29) is 5.92 Å². The third-order valence-corrected chi connectivity index (χ3v) is 4.01. The van der Waals surface area contributed by atoms with Gasteiger partial charge in [0, 0.05) is 5.92 Å². The number of carboxylic acids is 1. The zero-order valence-electron chi connectivity index (χ0n) is 10.6. The van der Waals surface area contributed by atoms with Crippen molar-refractivity contribution >= 4 is 5.97 Å². The molecule has 0 amide bonds. The molecule has 0 spiro atoms. The molecule has 2 rings (SSSR count). The van der Waals surface area contributed by atoms with E-state index in [0.29, 0.717) is 5.92 Å². The Morgan fingerprint density at radius 3 is 2.33 bits per heavy atom. The Hall–Kier alpha value is -1.35. The van der Waals surface area contributed by atoms with Gasteiger partial charge in [0.1, 0.15) is 6.04 Å². The van der Waals surface area contributed by atoms with Crippen molar-refractivity contribution in [1.29, 1.82) is 0 Å². The van der Waals surface area contributed by atoms with Gasteiger partial charge in [0.05, 0.1) is 0 Å². The first-order valence-corrected chi connectivity index (χ1v) is 6.73. The second-order valence-electron chi connectivity index (χ2n) is 5.20. The van der Waals surface area contributed by atoms with Crippen molar-refractivity contribution in [2.45, 2.75) is 44.1 Å². The predicted octanol–water partition coefficient (Wildman–Crippen LogP) is 2.76. The molecule has 1 unspecified atom stereocenters. The molecule has 0 bridgehead atoms. The van der Waals surface area contributed by atoms with E-state index in [1.54, 1.807) is 0 Å². The summed E-state index contributed by atoms with van der Waals surface area (Å²) in [4.78, 5) is 11.2. The number of hydrogen-bond donors (Lipinski definition) is 2. The van der Waals surface area contributed by atoms with E-state index in [1.165, 1.54) is 19.3 Å². The Kier molecular flexibility index (Phi) is 4.37. The molecule has 0 heterocycles. The van der Waals surface area contributed by atoms with Gasteiger partial charge in [0.15, 0.2) is 0 Å². The Morgan fingerprint density at radius 1 is 1.17 bits per heavy atom. The third-order valence-electron chi connectivity index (χ3n) is 4.01. The van der Waals surface area contributed by atoms with Gasteiger partial charge in [0.25, 0.3) is 0 Å². The molecule has 3 heteroatoms. The Balaban J connectivity index is 2.25. The number of benzene rings is 1. The van der Waals surface area contributed by atoms with Crippen molar-refractivity contribution in [2.24, 2.45) is 11.7 Å². The molecule has 98 valence electrons. The lowest BCUT2D eigenvalue weighted by molar-refractivity contribution is -0.139. The topological polar surface area (TPSA) is 63.3 Å². The van der Waals surface area contributed by atoms with Gasteiger partial charge in [0.2, 0.25) is 0 Å². The van der Waals surface area contributed by atoms with Gasteiger partial charge in [-0.2, -0.15) is 0 Å². The first kappa shape index (κ1) is 13.1. The van der Waals surface area contributed by atoms with Crippen molar-refractivity contribution in [3.63, 3.8) is 0 Å². The number of hydrogen-bond acceptors (Lipinski definition) is 2. The molecule has 18 heavy (non-hydrogen) atoms. The first-order valence-electron chi connectivity index (χ1n) is 6.73. The molecule has 0 saturated heterocycles. The predicted molar refractivity (Wildman–Crippen MR) is 71.4 cm³/mol. The van der Waals surface area contributed by atoms with Gasteiger partial charge in [-0.25, -0.2) is 0 Å². The molecule has 1 fully saturated rings. The van der Waals surface area contributed by atoms with E-state index < -0.39 is 12.0 Å². The summed E-state index contributed by atoms with van der Waals surface area (Å²) in [6.45, 7) is 0. The molecule has 1 saturated carbocycles. The molecule has 1 aromatic rings. The van der Waals surface area contributed by atoms with E-state index in [9.17, 15) is 9.90 Å². The van der Waals surface area contributed by atoms with E-state index in [4.69, 9.17) is 5.73 Å². The maximum atomic E-state index is 11.2. The highest BCUT2D eigenvalue weighted by Gasteiger charge is 2.33. The van der Waals surface area contributed by atoms with Crippen LogP contribution in [0, 0.1) is 5.92 Å². The number of aliphatic carboxylic acids is 1. The second-order valence-corrected chi connectivity index (χ2v) is 5.20. The standard InChI is InChI=1S/C15H21NO2/c16-14(15(17)18)13(11-7-3-1-4-8-11)12-9-5-2-6-10-12/h1,3-4,7-8,12-14H,2,5-6,9-10,16H2,(H,17,18)/t13?,14-/m0/s1. The van der Waals surface area contributed by atoms with Crippen molar-refractivity contribution in [3.05, 3.63) is 35.9 Å². The van der Waals surface area contributed by atoms with Crippen molar-refractivity contribution < 1.29 is 9.90 Å². The quantitative estimate of drug-likeness (QED) is 0.860. The molecular weight excluding hydrogens is 226 g/mol. The van der Waals surface area contributed by atoms with Gasteiger partial charge < -0.3 is 10.8 Å². The van der Waals surface area contributed by atoms with E-state index in [1.807, 2.05) is 30.3 Å². The third kappa shape index (κ3) is 2.91. The van der Waals surface area contributed by atoms with Crippen molar-refractivity contribution in [3.8, 4) is 0 Å². The Morgan fingerprint density at radius 2 is 1.78 bits per heavy atom. The molecule has 2 atom stereocenters. The summed E-state index contributed by atoms with van der Waals surface area (Å²) in [7, 11) is 0. The summed E-state index contributed by atoms with van der Waals surface area (Å²) in [6.07, 6.45) is 5.85. The maximum Gasteiger partial charge on any atom is 0.321 e. The minimum atomic E-state index is -0.894. The van der Waals surface area contributed by atoms with Gasteiger partial charge in [-0.1, -0.05) is 49.6 Å². The van der Waals surface area contributed by atoms with Crippen LogP contribution in [0.2, 0.25) is 0 Å². The Labute approximate surface area is 108 Å². The zero-order chi connectivity index (χ0) is 13.0. The van der Waals surface area contributed by atoms with Crippen LogP contribution < -0.4 is 5.73 Å². The van der Waals surface area contributed by atoms with Gasteiger partial charge >= 0.3 is 5.97 Å². The summed E-state index contributed by atoms with van der Waals surface area (Å²) < 4.78 is 0. The fraction of sp³-hybridized carbons (Fsp3) is 0.533. The SMILES string of the molecule is N[C@H](C(=O)O)C(c1ccccc1)C1CCCCC1. The average molecular weight is 247 g/mol. The van der Waals surface area contributed by atoms with Crippen molar-refractivity contribution in [1.82, 2.24) is 0 Å². The second kappa shape index (κ2) is 6.01. The summed E-state index contributed by atoms with van der Waals surface area (Å²) >= 11 is 0. The minimum Gasteiger partial charge on any atom is -0.480 e. The van der Waals surface area contributed by atoms with E-state index >= 15 is 0 Å². The molecule has 3 nitrogen and oxygen atoms in total. The van der Waals surface area contributed by atoms with Crippen LogP contribution in [-0.4, -0.2) is 17.1 Å². The molecule has 3 N–H and O–H groups in total. The largest absolute Gasteiger partial charge is 0.480 e. The number of nitrogens with two attached hydrogens (primary N) is 1. The molecule has 0 aromatic heterocycles. The van der Waals surface area contributed by atoms with Crippen LogP contribution in [0.1, 0.15) is 43.6 Å². The average Bonchev–Trinajstić information content (AvgIpc) is 2.41. The van der Waals surface area contributed by atoms with Gasteiger partial charge in [-0.05, 0) is 24.3 Å². The van der Waals surface area contributed by atoms with Crippen LogP contribution >= 0.6 is 0 Å². The highest BCUT2D eigenvalue weighted by Crippen LogP contribution is 2.37. The highest BCUT2D eigenvalue weighted by molar-refractivity contribution is 5.74. The molecular formula is C15H21NO2. The summed E-state index contributed by atoms with van der Waals surface area (Å²) in [5.41, 5.74) is 6.99. The smallest absolute Gasteiger partial charge is 0.321 e. The van der Waals surface area contributed by atoms with Crippen LogP contribution in [0.15, 0.2) is 30.3 Å². The molecule has 1 aromatic carbocycles. The van der Waals surface area contributed by atoms with Crippen molar-refractivity contribution in [2.75, 3.05) is 0 Å². The molecule has 1 aliphatic carbocycles. The van der Waals surface area contributed by atoms with E-state index in [0.717, 1.165) is 18.4 Å². The Bertz CT molecular complexity index is 385.